The number of carbonyl (C=O) groups is 2. The zero-order chi connectivity index (χ0) is 13.8. The lowest BCUT2D eigenvalue weighted by molar-refractivity contribution is -0.115. The lowest BCUT2D eigenvalue weighted by Crippen LogP contribution is -2.27. The first kappa shape index (κ1) is 13.5. The van der Waals surface area contributed by atoms with Crippen LogP contribution in [0.1, 0.15) is 35.7 Å². The van der Waals surface area contributed by atoms with Crippen LogP contribution in [0.4, 0.5) is 5.69 Å². The van der Waals surface area contributed by atoms with Crippen LogP contribution in [0.5, 0.6) is 0 Å². The third kappa shape index (κ3) is 3.32. The Labute approximate surface area is 112 Å². The third-order valence-electron chi connectivity index (χ3n) is 3.23. The number of aliphatic hydroxyl groups is 1. The molecule has 1 aromatic carbocycles. The van der Waals surface area contributed by atoms with Gasteiger partial charge in [0.05, 0.1) is 12.5 Å². The number of benzene rings is 1. The highest BCUT2D eigenvalue weighted by molar-refractivity contribution is 6.01. The molecule has 0 aliphatic carbocycles. The molecule has 0 saturated carbocycles. The van der Waals surface area contributed by atoms with Crippen molar-refractivity contribution in [3.63, 3.8) is 0 Å². The summed E-state index contributed by atoms with van der Waals surface area (Å²) in [6, 6.07) is 5.17. The van der Waals surface area contributed by atoms with Crippen molar-refractivity contribution in [3.05, 3.63) is 29.3 Å². The van der Waals surface area contributed by atoms with Gasteiger partial charge in [-0.15, -0.1) is 0 Å². The second-order valence-electron chi connectivity index (χ2n) is 4.70. The maximum Gasteiger partial charge on any atom is 0.251 e. The normalized spacial score (nSPS) is 14.7. The molecule has 1 aliphatic heterocycles. The van der Waals surface area contributed by atoms with Gasteiger partial charge in [0.2, 0.25) is 5.91 Å². The molecule has 1 atom stereocenters. The van der Waals surface area contributed by atoms with E-state index in [2.05, 4.69) is 10.6 Å². The highest BCUT2D eigenvalue weighted by Crippen LogP contribution is 2.23. The number of amides is 2. The maximum absolute atomic E-state index is 11.9. The summed E-state index contributed by atoms with van der Waals surface area (Å²) in [6.45, 7) is 2.35. The van der Waals surface area contributed by atoms with Crippen molar-refractivity contribution in [1.29, 1.82) is 0 Å². The highest BCUT2D eigenvalue weighted by Gasteiger charge is 2.18. The second kappa shape index (κ2) is 5.84. The first-order valence-electron chi connectivity index (χ1n) is 6.49. The number of fused-ring (bicyclic) bond motifs is 1. The zero-order valence-electron chi connectivity index (χ0n) is 10.9. The fourth-order valence-corrected chi connectivity index (χ4v) is 2.03. The van der Waals surface area contributed by atoms with Crippen molar-refractivity contribution in [1.82, 2.24) is 5.32 Å². The summed E-state index contributed by atoms with van der Waals surface area (Å²) < 4.78 is 0. The Morgan fingerprint density at radius 2 is 2.32 bits per heavy atom. The van der Waals surface area contributed by atoms with Gasteiger partial charge in [-0.1, -0.05) is 6.92 Å². The van der Waals surface area contributed by atoms with Gasteiger partial charge in [0.1, 0.15) is 0 Å². The van der Waals surface area contributed by atoms with Gasteiger partial charge in [0.15, 0.2) is 0 Å². The minimum absolute atomic E-state index is 0.0429. The standard InChI is InChI=1S/C14H18N2O3/c1-2-11(17)5-6-15-14(19)9-3-4-12-10(7-9)8-13(18)16-12/h3-4,7,11,17H,2,5-6,8H2,1H3,(H,15,19)(H,16,18). The van der Waals surface area contributed by atoms with Crippen LogP contribution in [0.3, 0.4) is 0 Å². The molecule has 3 N–H and O–H groups in total. The lowest BCUT2D eigenvalue weighted by Gasteiger charge is -2.09. The number of nitrogens with one attached hydrogen (secondary N) is 2. The molecule has 5 nitrogen and oxygen atoms in total. The van der Waals surface area contributed by atoms with Gasteiger partial charge < -0.3 is 15.7 Å². The molecule has 1 aromatic rings. The van der Waals surface area contributed by atoms with Gasteiger partial charge in [-0.3, -0.25) is 9.59 Å². The lowest BCUT2D eigenvalue weighted by atomic mass is 10.1. The van der Waals surface area contributed by atoms with Crippen LogP contribution >= 0.6 is 0 Å². The molecule has 1 unspecified atom stereocenters. The van der Waals surface area contributed by atoms with Crippen molar-refractivity contribution in [2.75, 3.05) is 11.9 Å². The summed E-state index contributed by atoms with van der Waals surface area (Å²) in [7, 11) is 0. The van der Waals surface area contributed by atoms with Gasteiger partial charge >= 0.3 is 0 Å². The van der Waals surface area contributed by atoms with E-state index in [1.165, 1.54) is 0 Å². The molecule has 19 heavy (non-hydrogen) atoms. The Balaban J connectivity index is 1.93. The summed E-state index contributed by atoms with van der Waals surface area (Å²) in [5.41, 5.74) is 2.18. The molecule has 0 bridgehead atoms. The molecule has 1 aliphatic rings. The Bertz CT molecular complexity index is 499. The summed E-state index contributed by atoms with van der Waals surface area (Å²) in [5.74, 6) is -0.218. The van der Waals surface area contributed by atoms with Gasteiger partial charge in [-0.25, -0.2) is 0 Å². The minimum atomic E-state index is -0.373. The fraction of sp³-hybridized carbons (Fsp3) is 0.429. The molecule has 0 aromatic heterocycles. The molecule has 0 spiro atoms. The van der Waals surface area contributed by atoms with Crippen molar-refractivity contribution in [2.24, 2.45) is 0 Å². The van der Waals surface area contributed by atoms with Crippen LogP contribution in [0.25, 0.3) is 0 Å². The van der Waals surface area contributed by atoms with Gasteiger partial charge in [-0.05, 0) is 36.6 Å². The average Bonchev–Trinajstić information content (AvgIpc) is 2.77. The van der Waals surface area contributed by atoms with Crippen molar-refractivity contribution in [3.8, 4) is 0 Å². The summed E-state index contributed by atoms with van der Waals surface area (Å²) in [6.07, 6.45) is 1.18. The van der Waals surface area contributed by atoms with Crippen LogP contribution in [-0.4, -0.2) is 29.6 Å². The van der Waals surface area contributed by atoms with Gasteiger partial charge in [0.25, 0.3) is 5.91 Å². The topological polar surface area (TPSA) is 78.4 Å². The minimum Gasteiger partial charge on any atom is -0.393 e. The Kier molecular flexibility index (Phi) is 4.16. The third-order valence-corrected chi connectivity index (χ3v) is 3.23. The van der Waals surface area contributed by atoms with E-state index in [4.69, 9.17) is 0 Å². The smallest absolute Gasteiger partial charge is 0.251 e. The van der Waals surface area contributed by atoms with E-state index < -0.39 is 0 Å². The molecular formula is C14H18N2O3. The number of anilines is 1. The van der Waals surface area contributed by atoms with Gasteiger partial charge in [-0.2, -0.15) is 0 Å². The summed E-state index contributed by atoms with van der Waals surface area (Å²) >= 11 is 0. The van der Waals surface area contributed by atoms with E-state index in [0.29, 0.717) is 31.4 Å². The molecule has 5 heteroatoms. The molecule has 102 valence electrons. The second-order valence-corrected chi connectivity index (χ2v) is 4.70. The molecular weight excluding hydrogens is 244 g/mol. The van der Waals surface area contributed by atoms with E-state index in [9.17, 15) is 14.7 Å². The molecule has 0 fully saturated rings. The van der Waals surface area contributed by atoms with E-state index in [-0.39, 0.29) is 17.9 Å². The Morgan fingerprint density at radius 1 is 1.53 bits per heavy atom. The van der Waals surface area contributed by atoms with E-state index in [0.717, 1.165) is 11.3 Å². The van der Waals surface area contributed by atoms with E-state index in [1.54, 1.807) is 18.2 Å². The summed E-state index contributed by atoms with van der Waals surface area (Å²) in [4.78, 5) is 23.1. The largest absolute Gasteiger partial charge is 0.393 e. The van der Waals surface area contributed by atoms with Crippen LogP contribution in [0.2, 0.25) is 0 Å². The van der Waals surface area contributed by atoms with Crippen LogP contribution in [-0.2, 0) is 11.2 Å². The van der Waals surface area contributed by atoms with Crippen LogP contribution < -0.4 is 10.6 Å². The fourth-order valence-electron chi connectivity index (χ4n) is 2.03. The number of rotatable bonds is 5. The zero-order valence-corrected chi connectivity index (χ0v) is 10.9. The monoisotopic (exact) mass is 262 g/mol. The van der Waals surface area contributed by atoms with Crippen LogP contribution in [0.15, 0.2) is 18.2 Å². The van der Waals surface area contributed by atoms with Crippen LogP contribution in [0, 0.1) is 0 Å². The number of hydrogen-bond donors (Lipinski definition) is 3. The molecule has 1 heterocycles. The first-order valence-corrected chi connectivity index (χ1v) is 6.49. The highest BCUT2D eigenvalue weighted by atomic mass is 16.3. The summed E-state index contributed by atoms with van der Waals surface area (Å²) in [5, 5.41) is 14.9. The molecule has 0 saturated heterocycles. The first-order chi connectivity index (χ1) is 9.10. The number of aliphatic hydroxyl groups excluding tert-OH is 1. The Hall–Kier alpha value is -1.88. The molecule has 0 radical (unpaired) electrons. The number of carbonyl (C=O) groups excluding carboxylic acids is 2. The average molecular weight is 262 g/mol. The molecule has 2 amide bonds. The van der Waals surface area contributed by atoms with Crippen molar-refractivity contribution < 1.29 is 14.7 Å². The molecule has 2 rings (SSSR count). The van der Waals surface area contributed by atoms with Crippen molar-refractivity contribution in [2.45, 2.75) is 32.3 Å². The number of hydrogen-bond acceptors (Lipinski definition) is 3. The predicted molar refractivity (Wildman–Crippen MR) is 72.0 cm³/mol. The quantitative estimate of drug-likeness (QED) is 0.742. The SMILES string of the molecule is CCC(O)CCNC(=O)c1ccc2c(c1)CC(=O)N2. The Morgan fingerprint density at radius 3 is 3.05 bits per heavy atom. The van der Waals surface area contributed by atoms with Crippen molar-refractivity contribution >= 4 is 17.5 Å². The maximum atomic E-state index is 11.9. The predicted octanol–water partition coefficient (Wildman–Crippen LogP) is 1.07. The van der Waals surface area contributed by atoms with Gasteiger partial charge in [0, 0.05) is 17.8 Å². The van der Waals surface area contributed by atoms with E-state index >= 15 is 0 Å². The van der Waals surface area contributed by atoms with E-state index in [1.807, 2.05) is 6.92 Å².